The number of methoxy groups -OCH3 is 1. The van der Waals surface area contributed by atoms with Gasteiger partial charge in [0, 0.05) is 17.1 Å². The summed E-state index contributed by atoms with van der Waals surface area (Å²) in [5.41, 5.74) is 0.726. The Hall–Kier alpha value is -3.14. The maximum atomic E-state index is 13.1. The molecule has 2 atom stereocenters. The van der Waals surface area contributed by atoms with Crippen LogP contribution in [-0.4, -0.2) is 59.0 Å². The van der Waals surface area contributed by atoms with Crippen molar-refractivity contribution in [3.8, 4) is 5.75 Å². The molecule has 2 amide bonds. The van der Waals surface area contributed by atoms with E-state index in [1.54, 1.807) is 14.0 Å². The van der Waals surface area contributed by atoms with Gasteiger partial charge in [0.15, 0.2) is 0 Å². The summed E-state index contributed by atoms with van der Waals surface area (Å²) in [5.74, 6) is -0.921. The van der Waals surface area contributed by atoms with E-state index >= 15 is 0 Å². The van der Waals surface area contributed by atoms with Crippen LogP contribution in [0, 0.1) is 10.1 Å². The van der Waals surface area contributed by atoms with E-state index in [9.17, 15) is 24.5 Å². The number of hydrogen-bond acceptors (Lipinski definition) is 8. The molecule has 1 heterocycles. The van der Waals surface area contributed by atoms with Crippen LogP contribution in [0.15, 0.2) is 36.4 Å². The van der Waals surface area contributed by atoms with E-state index in [0.29, 0.717) is 6.42 Å². The van der Waals surface area contributed by atoms with Crippen LogP contribution < -0.4 is 4.74 Å². The van der Waals surface area contributed by atoms with Crippen molar-refractivity contribution in [1.29, 1.82) is 0 Å². The first-order valence-electron chi connectivity index (χ1n) is 10.2. The summed E-state index contributed by atoms with van der Waals surface area (Å²) in [6, 6.07) is 10.2. The lowest BCUT2D eigenvalue weighted by atomic mass is 9.96. The minimum absolute atomic E-state index is 0.00769. The molecule has 10 heteroatoms. The number of hydrogen-bond donors (Lipinski definition) is 0. The molecule has 1 aliphatic rings. The van der Waals surface area contributed by atoms with E-state index in [4.69, 9.17) is 9.47 Å². The largest absolute Gasteiger partial charge is 0.497 e. The van der Waals surface area contributed by atoms with Crippen molar-refractivity contribution in [2.45, 2.75) is 31.7 Å². The second-order valence-corrected chi connectivity index (χ2v) is 8.40. The van der Waals surface area contributed by atoms with Crippen molar-refractivity contribution in [3.63, 3.8) is 0 Å². The van der Waals surface area contributed by atoms with Crippen LogP contribution in [-0.2, 0) is 14.3 Å². The molecule has 0 N–H and O–H groups in total. The van der Waals surface area contributed by atoms with Crippen molar-refractivity contribution in [3.05, 3.63) is 52.1 Å². The average Bonchev–Trinajstić information content (AvgIpc) is 3.18. The first-order chi connectivity index (χ1) is 15.3. The zero-order valence-corrected chi connectivity index (χ0v) is 18.6. The molecule has 2 aromatic rings. The fraction of sp³-hybridized carbons (Fsp3) is 0.409. The van der Waals surface area contributed by atoms with E-state index in [1.807, 2.05) is 36.4 Å². The molecule has 0 bridgehead atoms. The Balaban J connectivity index is 1.68. The maximum absolute atomic E-state index is 13.1. The number of carbonyl (C=O) groups is 3. The van der Waals surface area contributed by atoms with Gasteiger partial charge in [-0.3, -0.25) is 24.6 Å². The van der Waals surface area contributed by atoms with Gasteiger partial charge < -0.3 is 9.47 Å². The number of unbranched alkanes of at least 4 members (excludes halogenated alkanes) is 1. The fourth-order valence-corrected chi connectivity index (χ4v) is 4.38. The summed E-state index contributed by atoms with van der Waals surface area (Å²) in [6.45, 7) is 1.51. The molecule has 1 unspecified atom stereocenters. The average molecular weight is 461 g/mol. The quantitative estimate of drug-likeness (QED) is 0.241. The van der Waals surface area contributed by atoms with E-state index in [0.717, 1.165) is 38.7 Å². The van der Waals surface area contributed by atoms with Gasteiger partial charge in [0.25, 0.3) is 5.24 Å². The van der Waals surface area contributed by atoms with Crippen LogP contribution in [0.4, 0.5) is 4.79 Å². The summed E-state index contributed by atoms with van der Waals surface area (Å²) in [7, 11) is 1.59. The summed E-state index contributed by atoms with van der Waals surface area (Å²) in [6.07, 6.45) is 0.624. The summed E-state index contributed by atoms with van der Waals surface area (Å²) >= 11 is 0.899. The van der Waals surface area contributed by atoms with E-state index in [1.165, 1.54) is 0 Å². The van der Waals surface area contributed by atoms with Gasteiger partial charge in [-0.05, 0) is 41.8 Å². The molecule has 9 nitrogen and oxygen atoms in total. The summed E-state index contributed by atoms with van der Waals surface area (Å²) < 4.78 is 10.4. The van der Waals surface area contributed by atoms with Crippen molar-refractivity contribution in [2.75, 3.05) is 26.0 Å². The van der Waals surface area contributed by atoms with Gasteiger partial charge >= 0.3 is 5.97 Å². The second kappa shape index (κ2) is 10.4. The lowest BCUT2D eigenvalue weighted by Crippen LogP contribution is -2.46. The van der Waals surface area contributed by atoms with Crippen molar-refractivity contribution < 1.29 is 28.8 Å². The van der Waals surface area contributed by atoms with Gasteiger partial charge in [-0.1, -0.05) is 36.0 Å². The molecule has 1 fully saturated rings. The second-order valence-electron chi connectivity index (χ2n) is 7.43. The number of nitro groups is 1. The van der Waals surface area contributed by atoms with Crippen LogP contribution >= 0.6 is 11.8 Å². The highest BCUT2D eigenvalue weighted by molar-refractivity contribution is 8.14. The standard InChI is InChI=1S/C22H24N2O7S/c1-14(15-5-6-17-12-18(30-2)8-7-16(17)11-15)20(25)24-19(13-32-22(24)27)21(26)31-10-4-3-9-23(28)29/h5-8,11-12,14,19H,3-4,9-10,13H2,1-2H3/t14?,19-/m0/s1. The number of esters is 1. The highest BCUT2D eigenvalue weighted by Gasteiger charge is 2.43. The molecular formula is C22H24N2O7S. The third-order valence-corrected chi connectivity index (χ3v) is 6.23. The highest BCUT2D eigenvalue weighted by Crippen LogP contribution is 2.31. The smallest absolute Gasteiger partial charge is 0.330 e. The lowest BCUT2D eigenvalue weighted by Gasteiger charge is -2.24. The minimum Gasteiger partial charge on any atom is -0.497 e. The van der Waals surface area contributed by atoms with Crippen molar-refractivity contribution >= 4 is 39.7 Å². The van der Waals surface area contributed by atoms with Crippen LogP contribution in [0.3, 0.4) is 0 Å². The zero-order chi connectivity index (χ0) is 23.3. The Morgan fingerprint density at radius 3 is 2.66 bits per heavy atom. The number of thioether (sulfide) groups is 1. The normalized spacial score (nSPS) is 16.8. The highest BCUT2D eigenvalue weighted by atomic mass is 32.2. The van der Waals surface area contributed by atoms with Crippen molar-refractivity contribution in [1.82, 2.24) is 4.90 Å². The molecule has 32 heavy (non-hydrogen) atoms. The summed E-state index contributed by atoms with van der Waals surface area (Å²) in [4.78, 5) is 48.9. The number of nitrogens with zero attached hydrogens (tertiary/aromatic N) is 2. The number of ether oxygens (including phenoxy) is 2. The van der Waals surface area contributed by atoms with E-state index in [-0.39, 0.29) is 25.3 Å². The fourth-order valence-electron chi connectivity index (χ4n) is 3.44. The van der Waals surface area contributed by atoms with Crippen LogP contribution in [0.1, 0.15) is 31.2 Å². The number of fused-ring (bicyclic) bond motifs is 1. The van der Waals surface area contributed by atoms with E-state index < -0.39 is 34.0 Å². The van der Waals surface area contributed by atoms with Gasteiger partial charge in [-0.25, -0.2) is 4.79 Å². The zero-order valence-electron chi connectivity index (χ0n) is 17.8. The molecule has 170 valence electrons. The van der Waals surface area contributed by atoms with Crippen LogP contribution in [0.5, 0.6) is 5.75 Å². The topological polar surface area (TPSA) is 116 Å². The van der Waals surface area contributed by atoms with Gasteiger partial charge in [0.05, 0.1) is 19.6 Å². The Morgan fingerprint density at radius 2 is 1.94 bits per heavy atom. The molecule has 1 saturated heterocycles. The van der Waals surface area contributed by atoms with Crippen LogP contribution in [0.2, 0.25) is 0 Å². The monoisotopic (exact) mass is 460 g/mol. The third kappa shape index (κ3) is 5.37. The molecule has 0 spiro atoms. The van der Waals surface area contributed by atoms with Crippen molar-refractivity contribution in [2.24, 2.45) is 0 Å². The lowest BCUT2D eigenvalue weighted by molar-refractivity contribution is -0.480. The molecule has 1 aliphatic heterocycles. The molecule has 0 aromatic heterocycles. The maximum Gasteiger partial charge on any atom is 0.330 e. The Labute approximate surface area is 189 Å². The number of benzene rings is 2. The molecule has 0 radical (unpaired) electrons. The van der Waals surface area contributed by atoms with Gasteiger partial charge in [-0.15, -0.1) is 0 Å². The van der Waals surface area contributed by atoms with Gasteiger partial charge in [0.2, 0.25) is 12.5 Å². The molecule has 0 aliphatic carbocycles. The summed E-state index contributed by atoms with van der Waals surface area (Å²) in [5, 5.41) is 11.7. The Morgan fingerprint density at radius 1 is 1.22 bits per heavy atom. The third-order valence-electron chi connectivity index (χ3n) is 5.30. The number of carbonyl (C=O) groups excluding carboxylic acids is 3. The molecule has 2 aromatic carbocycles. The number of rotatable bonds is 9. The molecular weight excluding hydrogens is 436 g/mol. The first kappa shape index (κ1) is 23.5. The predicted octanol–water partition coefficient (Wildman–Crippen LogP) is 3.62. The first-order valence-corrected chi connectivity index (χ1v) is 11.2. The number of imide groups is 1. The predicted molar refractivity (Wildman–Crippen MR) is 119 cm³/mol. The molecule has 0 saturated carbocycles. The number of amides is 2. The minimum atomic E-state index is -0.998. The molecule has 3 rings (SSSR count). The SMILES string of the molecule is COc1ccc2cc(C(C)C(=O)N3C(=O)SC[C@H]3C(=O)OCCCC[N+](=O)[O-])ccc2c1. The van der Waals surface area contributed by atoms with E-state index in [2.05, 4.69) is 0 Å². The Bertz CT molecular complexity index is 1040. The van der Waals surface area contributed by atoms with Crippen LogP contribution in [0.25, 0.3) is 10.8 Å². The van der Waals surface area contributed by atoms with Gasteiger partial charge in [-0.2, -0.15) is 0 Å². The Kier molecular flexibility index (Phi) is 7.68. The van der Waals surface area contributed by atoms with Gasteiger partial charge in [0.1, 0.15) is 11.8 Å².